The molecule has 1 N–H and O–H groups in total. The van der Waals surface area contributed by atoms with Gasteiger partial charge in [0.05, 0.1) is 7.11 Å². The van der Waals surface area contributed by atoms with Gasteiger partial charge in [0.15, 0.2) is 0 Å². The second-order valence-corrected chi connectivity index (χ2v) is 5.23. The van der Waals surface area contributed by atoms with Gasteiger partial charge in [0.25, 0.3) is 0 Å². The summed E-state index contributed by atoms with van der Waals surface area (Å²) >= 11 is 0. The number of rotatable bonds is 7. The smallest absolute Gasteiger partial charge is 0.223 e. The third-order valence-corrected chi connectivity index (χ3v) is 3.80. The van der Waals surface area contributed by atoms with E-state index in [1.165, 1.54) is 12.0 Å². The fourth-order valence-electron chi connectivity index (χ4n) is 2.31. The first-order valence-corrected chi connectivity index (χ1v) is 7.20. The van der Waals surface area contributed by atoms with E-state index in [0.717, 1.165) is 44.4 Å². The Kier molecular flexibility index (Phi) is 5.25. The lowest BCUT2D eigenvalue weighted by Gasteiger charge is -2.23. The molecule has 1 aliphatic rings. The minimum atomic E-state index is 0.257. The van der Waals surface area contributed by atoms with Crippen molar-refractivity contribution in [1.29, 1.82) is 0 Å². The lowest BCUT2D eigenvalue weighted by molar-refractivity contribution is -0.127. The van der Waals surface area contributed by atoms with Crippen LogP contribution in [0, 0.1) is 5.92 Å². The Morgan fingerprint density at radius 1 is 1.37 bits per heavy atom. The first-order chi connectivity index (χ1) is 9.29. The number of unbranched alkanes of at least 4 members (excludes halogenated alkanes) is 1. The quantitative estimate of drug-likeness (QED) is 0.766. The fraction of sp³-hybridized carbons (Fsp3) is 0.562. The van der Waals surface area contributed by atoms with Crippen LogP contribution in [-0.2, 0) is 11.2 Å². The van der Waals surface area contributed by atoms with Gasteiger partial charge in [-0.15, -0.1) is 0 Å². The Bertz CT molecular complexity index is 413. The maximum atomic E-state index is 11.6. The highest BCUT2D eigenvalue weighted by atomic mass is 16.5. The van der Waals surface area contributed by atoms with E-state index >= 15 is 0 Å². The molecule has 3 heteroatoms. The second kappa shape index (κ2) is 7.17. The topological polar surface area (TPSA) is 38.3 Å². The number of hydrogen-bond donors (Lipinski definition) is 1. The average molecular weight is 261 g/mol. The van der Waals surface area contributed by atoms with E-state index in [4.69, 9.17) is 4.74 Å². The van der Waals surface area contributed by atoms with Crippen molar-refractivity contribution in [3.63, 3.8) is 0 Å². The number of amides is 1. The highest BCUT2D eigenvalue weighted by molar-refractivity contribution is 5.79. The van der Waals surface area contributed by atoms with E-state index in [0.29, 0.717) is 5.92 Å². The maximum Gasteiger partial charge on any atom is 0.223 e. The molecule has 104 valence electrons. The van der Waals surface area contributed by atoms with Crippen LogP contribution in [0.4, 0.5) is 0 Å². The van der Waals surface area contributed by atoms with Gasteiger partial charge in [-0.25, -0.2) is 0 Å². The van der Waals surface area contributed by atoms with Crippen molar-refractivity contribution in [2.24, 2.45) is 5.92 Å². The van der Waals surface area contributed by atoms with Gasteiger partial charge in [-0.3, -0.25) is 4.79 Å². The van der Waals surface area contributed by atoms with Crippen LogP contribution in [0.1, 0.15) is 37.7 Å². The van der Waals surface area contributed by atoms with Crippen molar-refractivity contribution < 1.29 is 9.53 Å². The summed E-state index contributed by atoms with van der Waals surface area (Å²) < 4.78 is 5.20. The summed E-state index contributed by atoms with van der Waals surface area (Å²) in [5, 5.41) is 3.03. The van der Waals surface area contributed by atoms with E-state index in [1.807, 2.05) is 12.1 Å². The molecule has 0 bridgehead atoms. The highest BCUT2D eigenvalue weighted by Crippen LogP contribution is 2.26. The molecule has 0 saturated heterocycles. The first kappa shape index (κ1) is 13.9. The molecular formula is C16H23NO2. The Morgan fingerprint density at radius 3 is 2.89 bits per heavy atom. The van der Waals surface area contributed by atoms with Crippen LogP contribution < -0.4 is 10.1 Å². The second-order valence-electron chi connectivity index (χ2n) is 5.23. The minimum absolute atomic E-state index is 0.257. The zero-order chi connectivity index (χ0) is 13.5. The summed E-state index contributed by atoms with van der Waals surface area (Å²) in [5.41, 5.74) is 1.30. The average Bonchev–Trinajstić information content (AvgIpc) is 2.36. The summed E-state index contributed by atoms with van der Waals surface area (Å²) in [4.78, 5) is 11.6. The molecule has 1 saturated carbocycles. The molecule has 0 aromatic heterocycles. The van der Waals surface area contributed by atoms with Crippen molar-refractivity contribution in [3.8, 4) is 5.75 Å². The fourth-order valence-corrected chi connectivity index (χ4v) is 2.31. The molecule has 1 amide bonds. The van der Waals surface area contributed by atoms with Crippen molar-refractivity contribution in [2.75, 3.05) is 13.7 Å². The predicted molar refractivity (Wildman–Crippen MR) is 76.3 cm³/mol. The SMILES string of the molecule is COc1cccc(CCCCNC(=O)C2CCC2)c1. The molecule has 0 radical (unpaired) electrons. The summed E-state index contributed by atoms with van der Waals surface area (Å²) in [6.07, 6.45) is 6.55. The summed E-state index contributed by atoms with van der Waals surface area (Å²) in [6.45, 7) is 0.805. The summed E-state index contributed by atoms with van der Waals surface area (Å²) in [7, 11) is 1.69. The number of methoxy groups -OCH3 is 1. The number of carbonyl (C=O) groups excluding carboxylic acids is 1. The van der Waals surface area contributed by atoms with Crippen LogP contribution in [0.3, 0.4) is 0 Å². The van der Waals surface area contributed by atoms with Crippen LogP contribution >= 0.6 is 0 Å². The predicted octanol–water partition coefficient (Wildman–Crippen LogP) is 2.93. The molecule has 1 aromatic rings. The Morgan fingerprint density at radius 2 is 2.21 bits per heavy atom. The molecule has 2 rings (SSSR count). The maximum absolute atomic E-state index is 11.6. The lowest BCUT2D eigenvalue weighted by atomic mass is 9.85. The third-order valence-electron chi connectivity index (χ3n) is 3.80. The van der Waals surface area contributed by atoms with Crippen LogP contribution in [-0.4, -0.2) is 19.6 Å². The number of ether oxygens (including phenoxy) is 1. The van der Waals surface area contributed by atoms with E-state index in [1.54, 1.807) is 7.11 Å². The van der Waals surface area contributed by atoms with E-state index in [-0.39, 0.29) is 5.91 Å². The van der Waals surface area contributed by atoms with E-state index in [2.05, 4.69) is 17.4 Å². The zero-order valence-corrected chi connectivity index (χ0v) is 11.7. The van der Waals surface area contributed by atoms with Gasteiger partial charge in [0, 0.05) is 12.5 Å². The van der Waals surface area contributed by atoms with Crippen molar-refractivity contribution in [3.05, 3.63) is 29.8 Å². The summed E-state index contributed by atoms with van der Waals surface area (Å²) in [6, 6.07) is 8.18. The molecular weight excluding hydrogens is 238 g/mol. The molecule has 1 aromatic carbocycles. The molecule has 0 atom stereocenters. The van der Waals surface area contributed by atoms with Crippen LogP contribution in [0.2, 0.25) is 0 Å². The third kappa shape index (κ3) is 4.27. The number of aryl methyl sites for hydroxylation is 1. The van der Waals surface area contributed by atoms with Gasteiger partial charge in [-0.1, -0.05) is 18.6 Å². The molecule has 1 aliphatic carbocycles. The number of hydrogen-bond acceptors (Lipinski definition) is 2. The normalized spacial score (nSPS) is 14.8. The Hall–Kier alpha value is -1.51. The molecule has 0 spiro atoms. The van der Waals surface area contributed by atoms with Gasteiger partial charge in [0.1, 0.15) is 5.75 Å². The van der Waals surface area contributed by atoms with Crippen LogP contribution in [0.15, 0.2) is 24.3 Å². The van der Waals surface area contributed by atoms with Gasteiger partial charge in [-0.2, -0.15) is 0 Å². The summed E-state index contributed by atoms with van der Waals surface area (Å²) in [5.74, 6) is 1.47. The zero-order valence-electron chi connectivity index (χ0n) is 11.7. The van der Waals surface area contributed by atoms with E-state index in [9.17, 15) is 4.79 Å². The molecule has 3 nitrogen and oxygen atoms in total. The van der Waals surface area contributed by atoms with Crippen LogP contribution in [0.25, 0.3) is 0 Å². The minimum Gasteiger partial charge on any atom is -0.497 e. The van der Waals surface area contributed by atoms with Gasteiger partial charge < -0.3 is 10.1 Å². The van der Waals surface area contributed by atoms with Gasteiger partial charge >= 0.3 is 0 Å². The molecule has 19 heavy (non-hydrogen) atoms. The number of carbonyl (C=O) groups is 1. The highest BCUT2D eigenvalue weighted by Gasteiger charge is 2.24. The monoisotopic (exact) mass is 261 g/mol. The van der Waals surface area contributed by atoms with Crippen LogP contribution in [0.5, 0.6) is 5.75 Å². The van der Waals surface area contributed by atoms with Gasteiger partial charge in [0.2, 0.25) is 5.91 Å². The first-order valence-electron chi connectivity index (χ1n) is 7.20. The van der Waals surface area contributed by atoms with E-state index < -0.39 is 0 Å². The van der Waals surface area contributed by atoms with Crippen molar-refractivity contribution in [1.82, 2.24) is 5.32 Å². The lowest BCUT2D eigenvalue weighted by Crippen LogP contribution is -2.34. The van der Waals surface area contributed by atoms with Gasteiger partial charge in [-0.05, 0) is 49.8 Å². The Balaban J connectivity index is 1.59. The molecule has 0 aliphatic heterocycles. The number of benzene rings is 1. The Labute approximate surface area is 115 Å². The number of nitrogens with one attached hydrogen (secondary N) is 1. The molecule has 0 unspecified atom stereocenters. The van der Waals surface area contributed by atoms with Crippen molar-refractivity contribution in [2.45, 2.75) is 38.5 Å². The largest absolute Gasteiger partial charge is 0.497 e. The van der Waals surface area contributed by atoms with Crippen molar-refractivity contribution >= 4 is 5.91 Å². The molecule has 0 heterocycles. The standard InChI is InChI=1S/C16H23NO2/c1-19-15-10-4-7-13(12-15)6-2-3-11-17-16(18)14-8-5-9-14/h4,7,10,12,14H,2-3,5-6,8-9,11H2,1H3,(H,17,18). The molecule has 1 fully saturated rings.